The van der Waals surface area contributed by atoms with Gasteiger partial charge in [0.15, 0.2) is 0 Å². The van der Waals surface area contributed by atoms with Crippen LogP contribution in [0.4, 0.5) is 25.8 Å². The van der Waals surface area contributed by atoms with Crippen molar-refractivity contribution in [2.75, 3.05) is 4.90 Å². The first kappa shape index (κ1) is 28.7. The van der Waals surface area contributed by atoms with E-state index in [0.29, 0.717) is 11.6 Å². The summed E-state index contributed by atoms with van der Waals surface area (Å²) in [6.45, 7) is 0. The minimum Gasteiger partial charge on any atom is -0.500 e. The summed E-state index contributed by atoms with van der Waals surface area (Å²) in [4.78, 5) is 10.4. The molecule has 0 atom stereocenters. The van der Waals surface area contributed by atoms with Crippen LogP contribution >= 0.6 is 0 Å². The summed E-state index contributed by atoms with van der Waals surface area (Å²) in [7, 11) is 1.71. The Morgan fingerprint density at radius 3 is 1.93 bits per heavy atom. The number of hydrogen-bond donors (Lipinski definition) is 0. The molecule has 2 heterocycles. The fourth-order valence-electron chi connectivity index (χ4n) is 4.30. The molecule has 0 radical (unpaired) electrons. The summed E-state index contributed by atoms with van der Waals surface area (Å²) in [5.74, 6) is -1.02. The van der Waals surface area contributed by atoms with Crippen molar-refractivity contribution >= 4 is 17.1 Å². The van der Waals surface area contributed by atoms with Gasteiger partial charge in [-0.3, -0.25) is 13.8 Å². The van der Waals surface area contributed by atoms with Crippen LogP contribution in [-0.4, -0.2) is 14.5 Å². The molecule has 0 amide bonds. The number of ether oxygens (including phenoxy) is 2. The average Bonchev–Trinajstić information content (AvgIpc) is 3.41. The van der Waals surface area contributed by atoms with E-state index in [2.05, 4.69) is 22.1 Å². The second-order valence-electron chi connectivity index (χ2n) is 8.98. The third-order valence-corrected chi connectivity index (χ3v) is 6.15. The van der Waals surface area contributed by atoms with Gasteiger partial charge in [-0.05, 0) is 30.3 Å². The molecule has 0 bridgehead atoms. The van der Waals surface area contributed by atoms with E-state index in [1.54, 1.807) is 54.3 Å². The van der Waals surface area contributed by atoms with Crippen LogP contribution in [0.3, 0.4) is 0 Å². The monoisotopic (exact) mass is 650 g/mol. The van der Waals surface area contributed by atoms with E-state index < -0.39 is 11.6 Å². The molecule has 0 saturated carbocycles. The number of aryl methyl sites for hydroxylation is 1. The second-order valence-corrected chi connectivity index (χ2v) is 8.98. The standard InChI is InChI=1S/C33H22F2N4O2.Pd/c1-38-17-16-37-33(38)28-21-31(30(35)22-29(28)34)40-26-18-25(19-27(20-26)41-32-14-8-9-15-36-32)39(23-10-4-2-5-11-23)24-12-6-3-7-13-24;/h2-19,22H,1H3;/q-2;+2. The fourth-order valence-corrected chi connectivity index (χ4v) is 4.30. The number of anilines is 3. The molecule has 0 saturated heterocycles. The van der Waals surface area contributed by atoms with Crippen molar-refractivity contribution in [1.82, 2.24) is 14.5 Å². The molecule has 0 aliphatic rings. The number of benzene rings is 4. The Bertz CT molecular complexity index is 1750. The maximum absolute atomic E-state index is 15.0. The van der Waals surface area contributed by atoms with E-state index in [4.69, 9.17) is 9.47 Å². The van der Waals surface area contributed by atoms with E-state index in [1.807, 2.05) is 65.6 Å². The molecule has 42 heavy (non-hydrogen) atoms. The average molecular weight is 651 g/mol. The van der Waals surface area contributed by atoms with Gasteiger partial charge >= 0.3 is 20.4 Å². The summed E-state index contributed by atoms with van der Waals surface area (Å²) in [6.07, 6.45) is 4.79. The molecule has 0 aliphatic carbocycles. The van der Waals surface area contributed by atoms with Gasteiger partial charge in [0.1, 0.15) is 0 Å². The number of rotatable bonds is 8. The number of aromatic nitrogens is 3. The molecule has 0 aliphatic heterocycles. The van der Waals surface area contributed by atoms with Gasteiger partial charge in [0, 0.05) is 60.4 Å². The first-order chi connectivity index (χ1) is 20.0. The molecular formula is C33H22F2N4O2Pd. The zero-order valence-electron chi connectivity index (χ0n) is 22.1. The first-order valence-corrected chi connectivity index (χ1v) is 12.7. The maximum atomic E-state index is 15.0. The number of imidazole rings is 1. The minimum absolute atomic E-state index is 0. The maximum Gasteiger partial charge on any atom is 2.00 e. The molecule has 0 spiro atoms. The van der Waals surface area contributed by atoms with E-state index in [1.165, 1.54) is 6.20 Å². The normalized spacial score (nSPS) is 10.5. The van der Waals surface area contributed by atoms with Crippen LogP contribution in [0.5, 0.6) is 23.1 Å². The van der Waals surface area contributed by atoms with Crippen molar-refractivity contribution in [1.29, 1.82) is 0 Å². The molecule has 0 unspecified atom stereocenters. The quantitative estimate of drug-likeness (QED) is 0.122. The van der Waals surface area contributed by atoms with Crippen molar-refractivity contribution in [2.45, 2.75) is 0 Å². The Balaban J connectivity index is 0.00000353. The predicted molar refractivity (Wildman–Crippen MR) is 152 cm³/mol. The van der Waals surface area contributed by atoms with Crippen LogP contribution in [0.15, 0.2) is 116 Å². The Kier molecular flexibility index (Phi) is 8.72. The zero-order valence-corrected chi connectivity index (χ0v) is 23.7. The Morgan fingerprint density at radius 2 is 1.33 bits per heavy atom. The Labute approximate surface area is 255 Å². The van der Waals surface area contributed by atoms with Crippen molar-refractivity contribution in [3.05, 3.63) is 139 Å². The third-order valence-electron chi connectivity index (χ3n) is 6.15. The number of pyridine rings is 1. The van der Waals surface area contributed by atoms with Crippen molar-refractivity contribution in [3.8, 4) is 34.5 Å². The second kappa shape index (κ2) is 12.8. The smallest absolute Gasteiger partial charge is 0.500 e. The van der Waals surface area contributed by atoms with Gasteiger partial charge in [0.05, 0.1) is 17.4 Å². The van der Waals surface area contributed by atoms with Gasteiger partial charge in [-0.1, -0.05) is 71.9 Å². The van der Waals surface area contributed by atoms with Gasteiger partial charge in [-0.2, -0.15) is 0 Å². The number of hydrogen-bond acceptors (Lipinski definition) is 5. The summed E-state index contributed by atoms with van der Waals surface area (Å²) in [5.41, 5.74) is 2.37. The first-order valence-electron chi connectivity index (χ1n) is 12.7. The summed E-state index contributed by atoms with van der Waals surface area (Å²) in [5, 5.41) is 0. The number of nitrogens with zero attached hydrogens (tertiary/aromatic N) is 4. The third kappa shape index (κ3) is 6.23. The molecule has 0 fully saturated rings. The van der Waals surface area contributed by atoms with Gasteiger partial charge in [0.25, 0.3) is 0 Å². The summed E-state index contributed by atoms with van der Waals surface area (Å²) >= 11 is 0. The van der Waals surface area contributed by atoms with Crippen molar-refractivity contribution in [2.24, 2.45) is 7.05 Å². The molecular weight excluding hydrogens is 629 g/mol. The van der Waals surface area contributed by atoms with Crippen LogP contribution in [0.2, 0.25) is 0 Å². The van der Waals surface area contributed by atoms with Crippen LogP contribution in [-0.2, 0) is 27.5 Å². The predicted octanol–water partition coefficient (Wildman–Crippen LogP) is 8.41. The molecule has 210 valence electrons. The minimum atomic E-state index is -0.922. The number of halogens is 2. The SMILES string of the molecule is Cn1ccnc1-c1[c-]c(Oc2[c-]c(Oc3ccccn3)cc(N(c3ccccc3)c3ccccc3)c2)c(F)cc1F.[Pd+2]. The molecule has 0 N–H and O–H groups in total. The van der Waals surface area contributed by atoms with Crippen molar-refractivity contribution in [3.63, 3.8) is 0 Å². The number of para-hydroxylation sites is 2. The van der Waals surface area contributed by atoms with Crippen LogP contribution in [0.1, 0.15) is 0 Å². The van der Waals surface area contributed by atoms with Gasteiger partial charge in [-0.25, -0.2) is 4.98 Å². The van der Waals surface area contributed by atoms with Gasteiger partial charge in [-0.15, -0.1) is 12.1 Å². The molecule has 6 rings (SSSR count). The van der Waals surface area contributed by atoms with E-state index >= 15 is 4.39 Å². The summed E-state index contributed by atoms with van der Waals surface area (Å²) < 4.78 is 43.3. The topological polar surface area (TPSA) is 52.4 Å². The molecule has 4 aromatic carbocycles. The van der Waals surface area contributed by atoms with E-state index in [0.717, 1.165) is 17.4 Å². The van der Waals surface area contributed by atoms with Gasteiger partial charge < -0.3 is 18.9 Å². The largest absolute Gasteiger partial charge is 2.00 e. The van der Waals surface area contributed by atoms with Gasteiger partial charge in [0.2, 0.25) is 5.88 Å². The van der Waals surface area contributed by atoms with Crippen molar-refractivity contribution < 1.29 is 38.7 Å². The van der Waals surface area contributed by atoms with Crippen LogP contribution in [0, 0.1) is 23.8 Å². The van der Waals surface area contributed by atoms with E-state index in [-0.39, 0.29) is 49.1 Å². The van der Waals surface area contributed by atoms with E-state index in [9.17, 15) is 4.39 Å². The van der Waals surface area contributed by atoms with Crippen LogP contribution in [0.25, 0.3) is 11.4 Å². The zero-order chi connectivity index (χ0) is 28.2. The summed E-state index contributed by atoms with van der Waals surface area (Å²) in [6, 6.07) is 34.7. The fraction of sp³-hybridized carbons (Fsp3) is 0.0303. The Morgan fingerprint density at radius 1 is 0.690 bits per heavy atom. The van der Waals surface area contributed by atoms with Crippen LogP contribution < -0.4 is 14.4 Å². The molecule has 2 aromatic heterocycles. The Hall–Kier alpha value is -4.84. The molecule has 9 heteroatoms. The molecule has 6 nitrogen and oxygen atoms in total. The molecule has 6 aromatic rings.